The van der Waals surface area contributed by atoms with Gasteiger partial charge in [-0.25, -0.2) is 0 Å². The Balaban J connectivity index is 3.52. The molecule has 2 atom stereocenters. The molecule has 0 bridgehead atoms. The Kier molecular flexibility index (Phi) is 49.1. The Labute approximate surface area is 379 Å². The van der Waals surface area contributed by atoms with Gasteiger partial charge in [-0.3, -0.25) is 9.59 Å². The predicted molar refractivity (Wildman–Crippen MR) is 264 cm³/mol. The van der Waals surface area contributed by atoms with Crippen molar-refractivity contribution in [1.82, 2.24) is 5.32 Å². The van der Waals surface area contributed by atoms with Crippen LogP contribution in [-0.2, 0) is 14.3 Å². The number of esters is 1. The van der Waals surface area contributed by atoms with E-state index in [4.69, 9.17) is 4.74 Å². The van der Waals surface area contributed by atoms with E-state index in [9.17, 15) is 19.8 Å². The maximum absolute atomic E-state index is 12.4. The number of rotatable bonds is 49. The van der Waals surface area contributed by atoms with E-state index in [0.717, 1.165) is 77.0 Å². The van der Waals surface area contributed by atoms with Crippen molar-refractivity contribution < 1.29 is 24.5 Å². The first-order valence-electron chi connectivity index (χ1n) is 26.8. The van der Waals surface area contributed by atoms with Crippen LogP contribution in [0.5, 0.6) is 0 Å². The third-order valence-corrected chi connectivity index (χ3v) is 12.2. The van der Waals surface area contributed by atoms with Gasteiger partial charge < -0.3 is 20.3 Å². The summed E-state index contributed by atoms with van der Waals surface area (Å²) in [6.07, 6.45) is 61.2. The molecule has 0 aliphatic heterocycles. The van der Waals surface area contributed by atoms with E-state index in [0.29, 0.717) is 25.9 Å². The lowest BCUT2D eigenvalue weighted by molar-refractivity contribution is -0.143. The number of amides is 1. The van der Waals surface area contributed by atoms with E-state index in [-0.39, 0.29) is 18.5 Å². The first-order chi connectivity index (χ1) is 30.0. The molecule has 6 nitrogen and oxygen atoms in total. The summed E-state index contributed by atoms with van der Waals surface area (Å²) in [5, 5.41) is 23.2. The molecule has 0 rings (SSSR count). The topological polar surface area (TPSA) is 95.9 Å². The van der Waals surface area contributed by atoms with Gasteiger partial charge >= 0.3 is 5.97 Å². The molecule has 0 aromatic carbocycles. The van der Waals surface area contributed by atoms with Gasteiger partial charge in [0.1, 0.15) is 0 Å². The summed E-state index contributed by atoms with van der Waals surface area (Å²) in [5.41, 5.74) is 0. The van der Waals surface area contributed by atoms with E-state index in [2.05, 4.69) is 55.6 Å². The third kappa shape index (κ3) is 47.4. The van der Waals surface area contributed by atoms with Gasteiger partial charge in [0.2, 0.25) is 5.91 Å². The van der Waals surface area contributed by atoms with Crippen LogP contribution in [0.4, 0.5) is 0 Å². The molecular formula is C55H103NO5. The summed E-state index contributed by atoms with van der Waals surface area (Å²) in [6.45, 7) is 4.88. The fourth-order valence-corrected chi connectivity index (χ4v) is 8.04. The van der Waals surface area contributed by atoms with Crippen molar-refractivity contribution in [2.24, 2.45) is 0 Å². The van der Waals surface area contributed by atoms with Crippen molar-refractivity contribution in [3.8, 4) is 0 Å². The summed E-state index contributed by atoms with van der Waals surface area (Å²) >= 11 is 0. The van der Waals surface area contributed by atoms with Crippen LogP contribution in [0.25, 0.3) is 0 Å². The zero-order valence-corrected chi connectivity index (χ0v) is 40.6. The van der Waals surface area contributed by atoms with Gasteiger partial charge in [0.15, 0.2) is 0 Å². The van der Waals surface area contributed by atoms with E-state index >= 15 is 0 Å². The SMILES string of the molecule is CCCCCCCCC/C=C\CCCCCCCC(=O)OCCCCC/C=C\C=C/CCCCCCCCC(=O)NC(CO)C(O)CCCCCCCCCCCCCCC. The summed E-state index contributed by atoms with van der Waals surface area (Å²) in [6, 6.07) is -0.558. The number of ether oxygens (including phenoxy) is 1. The standard InChI is InChI=1S/C55H103NO5/c1-3-5-7-9-11-13-15-17-18-21-25-29-33-37-41-45-49-55(60)61-50-46-42-38-34-30-26-22-19-20-24-28-32-36-40-44-48-54(59)56-52(51-57)53(58)47-43-39-35-31-27-23-16-14-12-10-8-6-4-2/h18-19,21-22,26,30,52-53,57-58H,3-17,20,23-25,27-29,31-51H2,1-2H3,(H,56,59)/b21-18-,22-19-,30-26-. The van der Waals surface area contributed by atoms with E-state index in [1.165, 1.54) is 167 Å². The molecule has 2 unspecified atom stereocenters. The maximum Gasteiger partial charge on any atom is 0.305 e. The van der Waals surface area contributed by atoms with Crippen molar-refractivity contribution in [1.29, 1.82) is 0 Å². The average molecular weight is 858 g/mol. The zero-order valence-electron chi connectivity index (χ0n) is 40.6. The number of hydrogen-bond acceptors (Lipinski definition) is 5. The summed E-state index contributed by atoms with van der Waals surface area (Å²) in [5.74, 6) is -0.0879. The molecule has 0 radical (unpaired) electrons. The molecule has 0 aromatic heterocycles. The van der Waals surface area contributed by atoms with Crippen molar-refractivity contribution in [3.63, 3.8) is 0 Å². The minimum Gasteiger partial charge on any atom is -0.466 e. The number of unbranched alkanes of at least 4 members (excludes halogenated alkanes) is 33. The van der Waals surface area contributed by atoms with Crippen molar-refractivity contribution in [3.05, 3.63) is 36.5 Å². The Morgan fingerprint density at radius 3 is 1.26 bits per heavy atom. The number of aliphatic hydroxyl groups is 2. The highest BCUT2D eigenvalue weighted by atomic mass is 16.5. The highest BCUT2D eigenvalue weighted by Crippen LogP contribution is 2.16. The molecule has 1 amide bonds. The predicted octanol–water partition coefficient (Wildman–Crippen LogP) is 16.1. The van der Waals surface area contributed by atoms with Gasteiger partial charge in [-0.05, 0) is 83.5 Å². The quantitative estimate of drug-likeness (QED) is 0.0245. The fraction of sp³-hybridized carbons (Fsp3) is 0.855. The minimum atomic E-state index is -0.678. The van der Waals surface area contributed by atoms with Crippen LogP contribution in [0.2, 0.25) is 0 Å². The molecule has 3 N–H and O–H groups in total. The van der Waals surface area contributed by atoms with Gasteiger partial charge in [0.25, 0.3) is 0 Å². The Bertz CT molecular complexity index is 993. The minimum absolute atomic E-state index is 0.0294. The summed E-state index contributed by atoms with van der Waals surface area (Å²) in [7, 11) is 0. The van der Waals surface area contributed by atoms with Gasteiger partial charge in [-0.1, -0.05) is 217 Å². The molecule has 0 saturated carbocycles. The number of aliphatic hydroxyl groups excluding tert-OH is 2. The lowest BCUT2D eigenvalue weighted by Gasteiger charge is -2.22. The molecule has 358 valence electrons. The molecule has 6 heteroatoms. The monoisotopic (exact) mass is 858 g/mol. The average Bonchev–Trinajstić information content (AvgIpc) is 3.26. The second-order valence-electron chi connectivity index (χ2n) is 18.2. The lowest BCUT2D eigenvalue weighted by atomic mass is 10.0. The van der Waals surface area contributed by atoms with E-state index < -0.39 is 12.1 Å². The molecule has 0 aliphatic carbocycles. The number of hydrogen-bond donors (Lipinski definition) is 3. The highest BCUT2D eigenvalue weighted by molar-refractivity contribution is 5.76. The van der Waals surface area contributed by atoms with Crippen LogP contribution in [0.1, 0.15) is 277 Å². The van der Waals surface area contributed by atoms with Crippen molar-refractivity contribution >= 4 is 11.9 Å². The zero-order chi connectivity index (χ0) is 44.4. The third-order valence-electron chi connectivity index (χ3n) is 12.2. The van der Waals surface area contributed by atoms with Crippen molar-refractivity contribution in [2.45, 2.75) is 289 Å². The smallest absolute Gasteiger partial charge is 0.305 e. The molecule has 0 heterocycles. The molecule has 0 aliphatic rings. The van der Waals surface area contributed by atoms with E-state index in [1.54, 1.807) is 0 Å². The van der Waals surface area contributed by atoms with Gasteiger partial charge in [-0.15, -0.1) is 0 Å². The Morgan fingerprint density at radius 1 is 0.459 bits per heavy atom. The van der Waals surface area contributed by atoms with Crippen LogP contribution >= 0.6 is 0 Å². The molecule has 0 aromatic rings. The molecule has 61 heavy (non-hydrogen) atoms. The molecular weight excluding hydrogens is 755 g/mol. The highest BCUT2D eigenvalue weighted by Gasteiger charge is 2.20. The van der Waals surface area contributed by atoms with Crippen LogP contribution in [0.3, 0.4) is 0 Å². The normalized spacial score (nSPS) is 12.9. The van der Waals surface area contributed by atoms with Crippen molar-refractivity contribution in [2.75, 3.05) is 13.2 Å². The van der Waals surface area contributed by atoms with Gasteiger partial charge in [-0.2, -0.15) is 0 Å². The second-order valence-corrected chi connectivity index (χ2v) is 18.2. The largest absolute Gasteiger partial charge is 0.466 e. The first-order valence-corrected chi connectivity index (χ1v) is 26.8. The maximum atomic E-state index is 12.4. The Hall–Kier alpha value is -1.92. The summed E-state index contributed by atoms with van der Waals surface area (Å²) in [4.78, 5) is 24.5. The molecule has 0 spiro atoms. The lowest BCUT2D eigenvalue weighted by Crippen LogP contribution is -2.45. The van der Waals surface area contributed by atoms with Crippen LogP contribution in [0, 0.1) is 0 Å². The van der Waals surface area contributed by atoms with E-state index in [1.807, 2.05) is 0 Å². The second kappa shape index (κ2) is 50.7. The first kappa shape index (κ1) is 59.1. The summed E-state index contributed by atoms with van der Waals surface area (Å²) < 4.78 is 5.44. The number of carbonyl (C=O) groups excluding carboxylic acids is 2. The van der Waals surface area contributed by atoms with Crippen LogP contribution in [-0.4, -0.2) is 47.4 Å². The number of carbonyl (C=O) groups is 2. The fourth-order valence-electron chi connectivity index (χ4n) is 8.04. The number of allylic oxidation sites excluding steroid dienone is 6. The molecule has 0 fully saturated rings. The Morgan fingerprint density at radius 2 is 0.820 bits per heavy atom. The van der Waals surface area contributed by atoms with Crippen LogP contribution < -0.4 is 5.32 Å². The van der Waals surface area contributed by atoms with Gasteiger partial charge in [0.05, 0.1) is 25.4 Å². The van der Waals surface area contributed by atoms with Gasteiger partial charge in [0, 0.05) is 12.8 Å². The number of nitrogens with one attached hydrogen (secondary N) is 1. The van der Waals surface area contributed by atoms with Crippen LogP contribution in [0.15, 0.2) is 36.5 Å². The molecule has 0 saturated heterocycles.